The number of aromatic amines is 4. The maximum atomic E-state index is 7.04. The van der Waals surface area contributed by atoms with E-state index in [1.165, 1.54) is 0 Å². The predicted octanol–water partition coefficient (Wildman–Crippen LogP) is 30.2. The van der Waals surface area contributed by atoms with E-state index in [1.54, 1.807) is 0 Å². The average Bonchev–Trinajstić information content (AvgIpc) is 1.60. The third-order valence-corrected chi connectivity index (χ3v) is 23.3. The fourth-order valence-electron chi connectivity index (χ4n) is 15.4. The van der Waals surface area contributed by atoms with Gasteiger partial charge in [0.1, 0.15) is 46.0 Å². The molecule has 4 aromatic carbocycles. The summed E-state index contributed by atoms with van der Waals surface area (Å²) in [5.74, 6) is 13.3. The van der Waals surface area contributed by atoms with Crippen LogP contribution in [0.25, 0.3) is 137 Å². The molecular formula is C114H138N8O8. The molecule has 130 heavy (non-hydrogen) atoms. The smallest absolute Gasteiger partial charge is 0.131 e. The highest BCUT2D eigenvalue weighted by atomic mass is 16.5. The fourth-order valence-corrected chi connectivity index (χ4v) is 15.4. The SMILES string of the molecule is CC(C)(C)CCOc1cccc(OCCC(C)(C)C)c1-c1c2nc(c(C#Cc3c4nc(c(-c5c(OCCC(C)(C)C)cccc5OCCC(C)(C)C)c5ccc(cc6nc(c(-c7c(OCCC(C)(C)C)cccc7OCCC(C)(C)C)c7ccc3[nH]7)C=C6)[nH]5)C=C4)c3ccc([nH]3)c(-c3c(OCCC(C)(C)C)cccc3OCCC(C)(C)C)c3nc(cc4ccc1[nH]4)C=C3)C=C2. The van der Waals surface area contributed by atoms with Crippen LogP contribution in [0.3, 0.4) is 0 Å². The second kappa shape index (κ2) is 38.6. The Bertz CT molecular complexity index is 5660. The van der Waals surface area contributed by atoms with Crippen LogP contribution in [0.5, 0.6) is 46.0 Å². The Labute approximate surface area is 772 Å². The maximum Gasteiger partial charge on any atom is 0.131 e. The first-order valence-electron chi connectivity index (χ1n) is 46.7. The molecule has 10 heterocycles. The molecule has 0 fully saturated rings. The molecule has 0 amide bonds. The topological polar surface area (TPSA) is 189 Å². The molecule has 0 aliphatic carbocycles. The van der Waals surface area contributed by atoms with E-state index in [0.29, 0.717) is 155 Å². The van der Waals surface area contributed by atoms with Crippen LogP contribution >= 0.6 is 0 Å². The van der Waals surface area contributed by atoms with Crippen LogP contribution in [0, 0.1) is 55.2 Å². The van der Waals surface area contributed by atoms with Crippen molar-refractivity contribution in [3.05, 3.63) is 190 Å². The van der Waals surface area contributed by atoms with Crippen molar-refractivity contribution in [3.63, 3.8) is 0 Å². The number of nitrogens with one attached hydrogen (secondary N) is 4. The number of hydrogen-bond donors (Lipinski definition) is 4. The summed E-state index contributed by atoms with van der Waals surface area (Å²) in [7, 11) is 0. The van der Waals surface area contributed by atoms with Crippen molar-refractivity contribution in [2.75, 3.05) is 52.9 Å². The highest BCUT2D eigenvalue weighted by molar-refractivity contribution is 6.01. The van der Waals surface area contributed by atoms with Gasteiger partial charge in [0.15, 0.2) is 0 Å². The highest BCUT2D eigenvalue weighted by Crippen LogP contribution is 2.50. The third-order valence-electron chi connectivity index (χ3n) is 23.3. The van der Waals surface area contributed by atoms with Gasteiger partial charge in [-0.25, -0.2) is 19.9 Å². The zero-order valence-electron chi connectivity index (χ0n) is 81.7. The van der Waals surface area contributed by atoms with Crippen LogP contribution in [0.4, 0.5) is 0 Å². The van der Waals surface area contributed by atoms with E-state index in [2.05, 4.69) is 356 Å². The van der Waals surface area contributed by atoms with Gasteiger partial charge in [-0.15, -0.1) is 0 Å². The molecule has 4 aliphatic heterocycles. The minimum absolute atomic E-state index is 0.00331. The van der Waals surface area contributed by atoms with Crippen molar-refractivity contribution in [1.82, 2.24) is 39.9 Å². The van der Waals surface area contributed by atoms with E-state index >= 15 is 0 Å². The molecule has 16 bridgehead atoms. The largest absolute Gasteiger partial charge is 0.493 e. The molecule has 6 aromatic heterocycles. The normalized spacial score (nSPS) is 13.1. The number of nitrogens with zero attached hydrogens (tertiary/aromatic N) is 4. The predicted molar refractivity (Wildman–Crippen MR) is 542 cm³/mol. The molecule has 10 aromatic rings. The standard InChI is InChI=1S/C114H138N8O8/c1-107(2,3)55-63-123-91-29-25-30-92(124-64-56-108(4,5)6)103(91)99-83-43-37-73(115-83)71-74-38-44-84(116-74)100(104-93(125-65-57-109(7,8)9)31-26-32-94(104)126-66-58-110(10,11)12)88-52-48-80(120-88)77(79-47-51-87(99)119-79)41-42-78-81-49-53-89(121-81)101(105-95(127-67-59-111(13,14)15)33-27-34-96(105)128-68-60-112(16,17)18)85-45-39-75(117-85)72-76-40-46-86(118-76)102(90-54-50-82(78)122-90)106-97(129-69-61-113(19,20)21)35-28-36-98(106)130-70-62-114(22,23)24/h25-40,43-54,71-72,115,117,120,122H,55-70H2,1-24H3. The molecule has 0 radical (unpaired) electrons. The Morgan fingerprint density at radius 1 is 0.215 bits per heavy atom. The minimum atomic E-state index is -0.00331. The van der Waals surface area contributed by atoms with Crippen LogP contribution in [0.2, 0.25) is 0 Å². The Balaban J connectivity index is 1.13. The van der Waals surface area contributed by atoms with Gasteiger partial charge < -0.3 is 57.8 Å². The van der Waals surface area contributed by atoms with E-state index in [0.717, 1.165) is 140 Å². The molecule has 0 atom stereocenters. The first-order valence-corrected chi connectivity index (χ1v) is 46.7. The van der Waals surface area contributed by atoms with Crippen LogP contribution in [-0.2, 0) is 0 Å². The number of ether oxygens (including phenoxy) is 8. The zero-order valence-corrected chi connectivity index (χ0v) is 81.7. The lowest BCUT2D eigenvalue weighted by Crippen LogP contribution is -2.13. The average molecular weight is 1750 g/mol. The number of H-pyrrole nitrogens is 4. The van der Waals surface area contributed by atoms with Gasteiger partial charge in [0.05, 0.1) is 143 Å². The van der Waals surface area contributed by atoms with E-state index in [1.807, 2.05) is 24.3 Å². The summed E-state index contributed by atoms with van der Waals surface area (Å²) in [4.78, 5) is 38.8. The molecule has 0 unspecified atom stereocenters. The van der Waals surface area contributed by atoms with E-state index < -0.39 is 0 Å². The van der Waals surface area contributed by atoms with Crippen LogP contribution in [-0.4, -0.2) is 92.7 Å². The molecule has 0 saturated carbocycles. The summed E-state index contributed by atoms with van der Waals surface area (Å²) in [6, 6.07) is 45.6. The number of hydrogen-bond acceptors (Lipinski definition) is 12. The van der Waals surface area contributed by atoms with Crippen LogP contribution < -0.4 is 37.9 Å². The fraction of sp³-hybridized carbons (Fsp3) is 0.421. The lowest BCUT2D eigenvalue weighted by molar-refractivity contribution is 0.235. The molecular weight excluding hydrogens is 1610 g/mol. The lowest BCUT2D eigenvalue weighted by atomic mass is 9.93. The molecule has 4 N–H and O–H groups in total. The van der Waals surface area contributed by atoms with Gasteiger partial charge in [0.2, 0.25) is 0 Å². The van der Waals surface area contributed by atoms with Gasteiger partial charge in [0.25, 0.3) is 0 Å². The quantitative estimate of drug-likeness (QED) is 0.0340. The molecule has 682 valence electrons. The van der Waals surface area contributed by atoms with Crippen molar-refractivity contribution in [2.45, 2.75) is 218 Å². The Morgan fingerprint density at radius 3 is 0.654 bits per heavy atom. The summed E-state index contributed by atoms with van der Waals surface area (Å²) < 4.78 is 56.3. The van der Waals surface area contributed by atoms with Crippen LogP contribution in [0.15, 0.2) is 133 Å². The monoisotopic (exact) mass is 1750 g/mol. The van der Waals surface area contributed by atoms with Crippen molar-refractivity contribution in [2.24, 2.45) is 43.3 Å². The number of benzene rings is 4. The first kappa shape index (κ1) is 94.2. The Morgan fingerprint density at radius 2 is 0.415 bits per heavy atom. The summed E-state index contributed by atoms with van der Waals surface area (Å²) >= 11 is 0. The molecule has 16 nitrogen and oxygen atoms in total. The van der Waals surface area contributed by atoms with Crippen molar-refractivity contribution in [3.8, 4) is 102 Å². The lowest BCUT2D eigenvalue weighted by Gasteiger charge is -2.22. The number of aromatic nitrogens is 8. The Hall–Kier alpha value is -12.0. The van der Waals surface area contributed by atoms with Gasteiger partial charge >= 0.3 is 0 Å². The highest BCUT2D eigenvalue weighted by Gasteiger charge is 2.30. The number of rotatable bonds is 28. The van der Waals surface area contributed by atoms with Crippen LogP contribution in [0.1, 0.15) is 274 Å². The summed E-state index contributed by atoms with van der Waals surface area (Å²) in [6.07, 6.45) is 23.2. The van der Waals surface area contributed by atoms with Crippen molar-refractivity contribution < 1.29 is 37.9 Å². The zero-order chi connectivity index (χ0) is 92.9. The van der Waals surface area contributed by atoms with Gasteiger partial charge in [-0.1, -0.05) is 202 Å². The van der Waals surface area contributed by atoms with Gasteiger partial charge in [-0.2, -0.15) is 0 Å². The van der Waals surface area contributed by atoms with Gasteiger partial charge in [-0.05, 0) is 252 Å². The van der Waals surface area contributed by atoms with E-state index in [-0.39, 0.29) is 43.3 Å². The van der Waals surface area contributed by atoms with E-state index in [9.17, 15) is 0 Å². The molecule has 4 aliphatic rings. The summed E-state index contributed by atoms with van der Waals surface area (Å²) in [5, 5.41) is 0. The second-order valence-corrected chi connectivity index (χ2v) is 44.7. The summed E-state index contributed by atoms with van der Waals surface area (Å²) in [5.41, 5.74) is 18.9. The summed E-state index contributed by atoms with van der Waals surface area (Å²) in [6.45, 7) is 57.6. The molecule has 0 saturated heterocycles. The molecule has 14 rings (SSSR count). The first-order chi connectivity index (χ1) is 61.4. The van der Waals surface area contributed by atoms with E-state index in [4.69, 9.17) is 57.8 Å². The molecule has 0 spiro atoms. The van der Waals surface area contributed by atoms with Crippen molar-refractivity contribution in [1.29, 1.82) is 0 Å². The number of fused-ring (bicyclic) bond motifs is 16. The van der Waals surface area contributed by atoms with Gasteiger partial charge in [0, 0.05) is 55.4 Å². The van der Waals surface area contributed by atoms with Gasteiger partial charge in [-0.3, -0.25) is 0 Å². The minimum Gasteiger partial charge on any atom is -0.493 e. The van der Waals surface area contributed by atoms with Crippen molar-refractivity contribution >= 4 is 92.7 Å². The third kappa shape index (κ3) is 24.8. The Kier molecular flexibility index (Phi) is 28.0. The second-order valence-electron chi connectivity index (χ2n) is 44.7. The maximum absolute atomic E-state index is 7.04. The molecule has 16 heteroatoms.